The molecule has 0 aliphatic carbocycles. The summed E-state index contributed by atoms with van der Waals surface area (Å²) in [5.74, 6) is 0. The van der Waals surface area contributed by atoms with Crippen LogP contribution in [0.4, 0.5) is 0 Å². The van der Waals surface area contributed by atoms with Crippen molar-refractivity contribution in [2.24, 2.45) is 5.41 Å². The van der Waals surface area contributed by atoms with E-state index in [0.717, 1.165) is 39.3 Å². The van der Waals surface area contributed by atoms with Gasteiger partial charge < -0.3 is 15.0 Å². The first-order chi connectivity index (χ1) is 9.39. The number of rotatable bonds is 6. The van der Waals surface area contributed by atoms with E-state index in [4.69, 9.17) is 4.74 Å². The van der Waals surface area contributed by atoms with Crippen LogP contribution in [-0.4, -0.2) is 43.8 Å². The van der Waals surface area contributed by atoms with Gasteiger partial charge in [0.2, 0.25) is 0 Å². The lowest BCUT2D eigenvalue weighted by Crippen LogP contribution is -2.48. The molecule has 20 heavy (non-hydrogen) atoms. The van der Waals surface area contributed by atoms with E-state index in [1.165, 1.54) is 4.88 Å². The number of hydrogen-bond acceptors (Lipinski definition) is 4. The SMILES string of the molecule is CN(Cc1cccs1)CC1(CNC(C)(C)C)CCOC1. The predicted molar refractivity (Wildman–Crippen MR) is 86.3 cm³/mol. The van der Waals surface area contributed by atoms with E-state index in [1.54, 1.807) is 0 Å². The molecule has 1 aromatic rings. The molecule has 0 bridgehead atoms. The second kappa shape index (κ2) is 6.56. The highest BCUT2D eigenvalue weighted by atomic mass is 32.1. The molecule has 0 amide bonds. The van der Waals surface area contributed by atoms with Gasteiger partial charge in [0, 0.05) is 42.1 Å². The number of nitrogens with zero attached hydrogens (tertiary/aromatic N) is 1. The fourth-order valence-electron chi connectivity index (χ4n) is 2.72. The molecular formula is C16H28N2OS. The van der Waals surface area contributed by atoms with Gasteiger partial charge in [0.15, 0.2) is 0 Å². The van der Waals surface area contributed by atoms with Gasteiger partial charge in [-0.25, -0.2) is 0 Å². The number of thiophene rings is 1. The smallest absolute Gasteiger partial charge is 0.0547 e. The average molecular weight is 296 g/mol. The summed E-state index contributed by atoms with van der Waals surface area (Å²) in [6.07, 6.45) is 1.16. The monoisotopic (exact) mass is 296 g/mol. The summed E-state index contributed by atoms with van der Waals surface area (Å²) in [6.45, 7) is 11.6. The second-order valence-electron chi connectivity index (χ2n) is 7.16. The van der Waals surface area contributed by atoms with E-state index in [1.807, 2.05) is 11.3 Å². The van der Waals surface area contributed by atoms with Crippen LogP contribution in [0.15, 0.2) is 17.5 Å². The Hall–Kier alpha value is -0.420. The number of nitrogens with one attached hydrogen (secondary N) is 1. The summed E-state index contributed by atoms with van der Waals surface area (Å²) < 4.78 is 5.70. The van der Waals surface area contributed by atoms with Crippen molar-refractivity contribution in [3.8, 4) is 0 Å². The van der Waals surface area contributed by atoms with Crippen LogP contribution in [-0.2, 0) is 11.3 Å². The standard InChI is InChI=1S/C16H28N2OS/c1-15(2,3)17-11-16(7-8-19-13-16)12-18(4)10-14-6-5-9-20-14/h5-6,9,17H,7-8,10-13H2,1-4H3. The van der Waals surface area contributed by atoms with E-state index in [9.17, 15) is 0 Å². The van der Waals surface area contributed by atoms with Crippen molar-refractivity contribution >= 4 is 11.3 Å². The molecule has 1 aliphatic heterocycles. The van der Waals surface area contributed by atoms with Crippen molar-refractivity contribution in [3.63, 3.8) is 0 Å². The van der Waals surface area contributed by atoms with Gasteiger partial charge in [-0.05, 0) is 45.7 Å². The maximum absolute atomic E-state index is 5.70. The largest absolute Gasteiger partial charge is 0.381 e. The van der Waals surface area contributed by atoms with Crippen LogP contribution in [0.25, 0.3) is 0 Å². The quantitative estimate of drug-likeness (QED) is 0.873. The highest BCUT2D eigenvalue weighted by Gasteiger charge is 2.36. The van der Waals surface area contributed by atoms with Gasteiger partial charge >= 0.3 is 0 Å². The van der Waals surface area contributed by atoms with Crippen molar-refractivity contribution in [2.45, 2.75) is 39.3 Å². The van der Waals surface area contributed by atoms with E-state index in [-0.39, 0.29) is 11.0 Å². The Balaban J connectivity index is 1.91. The average Bonchev–Trinajstić information content (AvgIpc) is 2.98. The first-order valence-corrected chi connectivity index (χ1v) is 8.30. The summed E-state index contributed by atoms with van der Waals surface area (Å²) in [6, 6.07) is 4.34. The third kappa shape index (κ3) is 4.85. The van der Waals surface area contributed by atoms with Gasteiger partial charge in [0.1, 0.15) is 0 Å². The Morgan fingerprint density at radius 1 is 1.45 bits per heavy atom. The first-order valence-electron chi connectivity index (χ1n) is 7.42. The summed E-state index contributed by atoms with van der Waals surface area (Å²) in [4.78, 5) is 3.87. The lowest BCUT2D eigenvalue weighted by atomic mass is 9.85. The van der Waals surface area contributed by atoms with E-state index in [2.05, 4.69) is 55.5 Å². The summed E-state index contributed by atoms with van der Waals surface area (Å²) >= 11 is 1.84. The Bertz CT molecular complexity index is 391. The second-order valence-corrected chi connectivity index (χ2v) is 8.19. The third-order valence-electron chi connectivity index (χ3n) is 3.79. The molecule has 0 spiro atoms. The molecule has 0 radical (unpaired) electrons. The highest BCUT2D eigenvalue weighted by molar-refractivity contribution is 7.09. The topological polar surface area (TPSA) is 24.5 Å². The molecule has 2 heterocycles. The van der Waals surface area contributed by atoms with E-state index in [0.29, 0.717) is 0 Å². The van der Waals surface area contributed by atoms with Gasteiger partial charge in [-0.3, -0.25) is 0 Å². The van der Waals surface area contributed by atoms with Gasteiger partial charge in [0.25, 0.3) is 0 Å². The molecule has 0 saturated carbocycles. The highest BCUT2D eigenvalue weighted by Crippen LogP contribution is 2.30. The van der Waals surface area contributed by atoms with Crippen LogP contribution in [0.5, 0.6) is 0 Å². The van der Waals surface area contributed by atoms with Crippen molar-refractivity contribution in [1.82, 2.24) is 10.2 Å². The summed E-state index contributed by atoms with van der Waals surface area (Å²) in [7, 11) is 2.22. The number of hydrogen-bond donors (Lipinski definition) is 1. The fraction of sp³-hybridized carbons (Fsp3) is 0.750. The maximum atomic E-state index is 5.70. The molecule has 1 aromatic heterocycles. The van der Waals surface area contributed by atoms with Crippen LogP contribution >= 0.6 is 11.3 Å². The lowest BCUT2D eigenvalue weighted by molar-refractivity contribution is 0.111. The zero-order valence-electron chi connectivity index (χ0n) is 13.2. The lowest BCUT2D eigenvalue weighted by Gasteiger charge is -2.35. The van der Waals surface area contributed by atoms with Gasteiger partial charge in [0.05, 0.1) is 6.61 Å². The van der Waals surface area contributed by atoms with Gasteiger partial charge in [-0.2, -0.15) is 0 Å². The van der Waals surface area contributed by atoms with Crippen molar-refractivity contribution in [1.29, 1.82) is 0 Å². The minimum absolute atomic E-state index is 0.169. The van der Waals surface area contributed by atoms with E-state index >= 15 is 0 Å². The molecule has 2 rings (SSSR count). The molecule has 1 aliphatic rings. The molecule has 1 saturated heterocycles. The molecule has 3 nitrogen and oxygen atoms in total. The first kappa shape index (κ1) is 16.0. The summed E-state index contributed by atoms with van der Waals surface area (Å²) in [5, 5.41) is 5.82. The molecule has 1 N–H and O–H groups in total. The fourth-order valence-corrected chi connectivity index (χ4v) is 3.50. The molecule has 114 valence electrons. The molecule has 1 atom stereocenters. The van der Waals surface area contributed by atoms with Crippen LogP contribution in [0.3, 0.4) is 0 Å². The Kier molecular flexibility index (Phi) is 5.24. The summed E-state index contributed by atoms with van der Waals surface area (Å²) in [5.41, 5.74) is 0.432. The Morgan fingerprint density at radius 2 is 2.25 bits per heavy atom. The van der Waals surface area contributed by atoms with Crippen LogP contribution in [0.1, 0.15) is 32.1 Å². The van der Waals surface area contributed by atoms with Crippen molar-refractivity contribution in [3.05, 3.63) is 22.4 Å². The minimum atomic E-state index is 0.169. The molecule has 4 heteroatoms. The maximum Gasteiger partial charge on any atom is 0.0547 e. The number of ether oxygens (including phenoxy) is 1. The normalized spacial score (nSPS) is 23.6. The van der Waals surface area contributed by atoms with Crippen molar-refractivity contribution < 1.29 is 4.74 Å². The minimum Gasteiger partial charge on any atom is -0.381 e. The molecule has 1 fully saturated rings. The van der Waals surface area contributed by atoms with E-state index < -0.39 is 0 Å². The Morgan fingerprint density at radius 3 is 2.80 bits per heavy atom. The van der Waals surface area contributed by atoms with Gasteiger partial charge in [-0.1, -0.05) is 6.07 Å². The van der Waals surface area contributed by atoms with Crippen molar-refractivity contribution in [2.75, 3.05) is 33.4 Å². The van der Waals surface area contributed by atoms with Crippen LogP contribution in [0, 0.1) is 5.41 Å². The van der Waals surface area contributed by atoms with Crippen LogP contribution in [0.2, 0.25) is 0 Å². The molecular weight excluding hydrogens is 268 g/mol. The molecule has 1 unspecified atom stereocenters. The molecule has 0 aromatic carbocycles. The predicted octanol–water partition coefficient (Wildman–Crippen LogP) is 2.97. The zero-order valence-corrected chi connectivity index (χ0v) is 14.1. The Labute approximate surface area is 127 Å². The van der Waals surface area contributed by atoms with Gasteiger partial charge in [-0.15, -0.1) is 11.3 Å². The van der Waals surface area contributed by atoms with Crippen LogP contribution < -0.4 is 5.32 Å². The third-order valence-corrected chi connectivity index (χ3v) is 4.65. The zero-order chi connectivity index (χ0) is 14.6.